The minimum absolute atomic E-state index is 0.186. The molecular formula is C15H21NO4. The number of benzene rings is 1. The largest absolute Gasteiger partial charge is 0.494 e. The monoisotopic (exact) mass is 279 g/mol. The van der Waals surface area contributed by atoms with Gasteiger partial charge < -0.3 is 15.2 Å². The zero-order valence-corrected chi connectivity index (χ0v) is 12.1. The molecule has 0 heterocycles. The Labute approximate surface area is 118 Å². The smallest absolute Gasteiger partial charge is 0.326 e. The van der Waals surface area contributed by atoms with Crippen LogP contribution in [0.15, 0.2) is 24.3 Å². The number of rotatable bonds is 7. The maximum atomic E-state index is 12.1. The van der Waals surface area contributed by atoms with Crippen LogP contribution in [-0.4, -0.2) is 29.6 Å². The van der Waals surface area contributed by atoms with Crippen molar-refractivity contribution in [3.8, 4) is 5.75 Å². The summed E-state index contributed by atoms with van der Waals surface area (Å²) in [6, 6.07) is 5.82. The van der Waals surface area contributed by atoms with Crippen molar-refractivity contribution < 1.29 is 19.4 Å². The number of hydrogen-bond donors (Lipinski definition) is 2. The minimum Gasteiger partial charge on any atom is -0.494 e. The van der Waals surface area contributed by atoms with E-state index in [2.05, 4.69) is 5.32 Å². The zero-order chi connectivity index (χ0) is 15.1. The molecule has 1 aromatic carbocycles. The fourth-order valence-electron chi connectivity index (χ4n) is 1.83. The van der Waals surface area contributed by atoms with E-state index < -0.39 is 17.9 Å². The van der Waals surface area contributed by atoms with Crippen LogP contribution < -0.4 is 10.1 Å². The summed E-state index contributed by atoms with van der Waals surface area (Å²) < 4.78 is 5.32. The second-order valence-corrected chi connectivity index (χ2v) is 4.95. The molecule has 0 radical (unpaired) electrons. The Morgan fingerprint density at radius 2 is 2.05 bits per heavy atom. The van der Waals surface area contributed by atoms with Gasteiger partial charge in [-0.2, -0.15) is 0 Å². The van der Waals surface area contributed by atoms with Crippen LogP contribution in [0.5, 0.6) is 5.75 Å². The highest BCUT2D eigenvalue weighted by molar-refractivity contribution is 5.96. The van der Waals surface area contributed by atoms with Crippen LogP contribution in [0.3, 0.4) is 0 Å². The molecule has 0 fully saturated rings. The predicted octanol–water partition coefficient (Wildman–Crippen LogP) is 2.31. The van der Waals surface area contributed by atoms with Crippen LogP contribution >= 0.6 is 0 Å². The van der Waals surface area contributed by atoms with Gasteiger partial charge in [0.25, 0.3) is 5.91 Å². The van der Waals surface area contributed by atoms with Gasteiger partial charge in [0.15, 0.2) is 0 Å². The van der Waals surface area contributed by atoms with Crippen molar-refractivity contribution in [2.75, 3.05) is 6.61 Å². The topological polar surface area (TPSA) is 75.6 Å². The Morgan fingerprint density at radius 3 is 2.60 bits per heavy atom. The lowest BCUT2D eigenvalue weighted by molar-refractivity contribution is -0.139. The van der Waals surface area contributed by atoms with Gasteiger partial charge in [0.2, 0.25) is 0 Å². The van der Waals surface area contributed by atoms with Crippen LogP contribution in [0, 0.1) is 5.92 Å². The second-order valence-electron chi connectivity index (χ2n) is 4.95. The molecular weight excluding hydrogens is 258 g/mol. The summed E-state index contributed by atoms with van der Waals surface area (Å²) in [5.41, 5.74) is 0.394. The number of aliphatic carboxylic acids is 1. The van der Waals surface area contributed by atoms with Gasteiger partial charge in [0, 0.05) is 5.56 Å². The third kappa shape index (κ3) is 4.91. The maximum Gasteiger partial charge on any atom is 0.326 e. The normalized spacial score (nSPS) is 12.0. The van der Waals surface area contributed by atoms with Crippen LogP contribution in [0.4, 0.5) is 0 Å². The second kappa shape index (κ2) is 7.53. The molecule has 5 heteroatoms. The molecule has 2 N–H and O–H groups in total. The number of amides is 1. The molecule has 0 aromatic heterocycles. The summed E-state index contributed by atoms with van der Waals surface area (Å²) in [4.78, 5) is 23.2. The molecule has 0 saturated carbocycles. The average Bonchev–Trinajstić information content (AvgIpc) is 2.38. The van der Waals surface area contributed by atoms with Gasteiger partial charge in [-0.15, -0.1) is 0 Å². The van der Waals surface area contributed by atoms with Gasteiger partial charge in [0.1, 0.15) is 11.8 Å². The SMILES string of the molecule is CCOc1cccc(C(=O)NC(CC(C)C)C(=O)O)c1. The fraction of sp³-hybridized carbons (Fsp3) is 0.467. The quantitative estimate of drug-likeness (QED) is 0.803. The molecule has 1 unspecified atom stereocenters. The Bertz CT molecular complexity index is 471. The fourth-order valence-corrected chi connectivity index (χ4v) is 1.83. The van der Waals surface area contributed by atoms with Gasteiger partial charge in [-0.1, -0.05) is 19.9 Å². The van der Waals surface area contributed by atoms with Crippen LogP contribution in [0.1, 0.15) is 37.6 Å². The summed E-state index contributed by atoms with van der Waals surface area (Å²) in [7, 11) is 0. The highest BCUT2D eigenvalue weighted by Gasteiger charge is 2.21. The Hall–Kier alpha value is -2.04. The lowest BCUT2D eigenvalue weighted by Gasteiger charge is -2.16. The summed E-state index contributed by atoms with van der Waals surface area (Å²) in [5.74, 6) is -0.644. The number of carbonyl (C=O) groups excluding carboxylic acids is 1. The van der Waals surface area contributed by atoms with Gasteiger partial charge in [-0.05, 0) is 37.5 Å². The highest BCUT2D eigenvalue weighted by atomic mass is 16.5. The Kier molecular flexibility index (Phi) is 6.03. The molecule has 1 atom stereocenters. The number of carboxylic acids is 1. The summed E-state index contributed by atoms with van der Waals surface area (Å²) >= 11 is 0. The van der Waals surface area contributed by atoms with Crippen LogP contribution in [-0.2, 0) is 4.79 Å². The molecule has 0 spiro atoms. The van der Waals surface area contributed by atoms with Crippen LogP contribution in [0.25, 0.3) is 0 Å². The number of carboxylic acid groups (broad SMARTS) is 1. The molecule has 0 saturated heterocycles. The van der Waals surface area contributed by atoms with E-state index in [1.807, 2.05) is 20.8 Å². The molecule has 20 heavy (non-hydrogen) atoms. The van der Waals surface area contributed by atoms with Crippen molar-refractivity contribution in [1.82, 2.24) is 5.32 Å². The minimum atomic E-state index is -1.02. The van der Waals surface area contributed by atoms with Gasteiger partial charge in [-0.25, -0.2) is 4.79 Å². The van der Waals surface area contributed by atoms with Gasteiger partial charge in [0.05, 0.1) is 6.61 Å². The van der Waals surface area contributed by atoms with E-state index in [9.17, 15) is 9.59 Å². The molecule has 0 aliphatic carbocycles. The van der Waals surface area contributed by atoms with Gasteiger partial charge >= 0.3 is 5.97 Å². The molecule has 110 valence electrons. The van der Waals surface area contributed by atoms with E-state index in [1.165, 1.54) is 0 Å². The molecule has 1 amide bonds. The van der Waals surface area contributed by atoms with E-state index in [4.69, 9.17) is 9.84 Å². The van der Waals surface area contributed by atoms with E-state index in [1.54, 1.807) is 24.3 Å². The van der Waals surface area contributed by atoms with Crippen molar-refractivity contribution in [2.45, 2.75) is 33.2 Å². The van der Waals surface area contributed by atoms with Crippen molar-refractivity contribution in [1.29, 1.82) is 0 Å². The first-order valence-corrected chi connectivity index (χ1v) is 6.70. The number of carbonyl (C=O) groups is 2. The number of hydrogen-bond acceptors (Lipinski definition) is 3. The van der Waals surface area contributed by atoms with Crippen molar-refractivity contribution >= 4 is 11.9 Å². The van der Waals surface area contributed by atoms with E-state index in [0.29, 0.717) is 24.3 Å². The average molecular weight is 279 g/mol. The molecule has 0 aliphatic heterocycles. The first-order chi connectivity index (χ1) is 9.43. The van der Waals surface area contributed by atoms with Crippen molar-refractivity contribution in [3.63, 3.8) is 0 Å². The summed E-state index contributed by atoms with van der Waals surface area (Å²) in [5, 5.41) is 11.7. The summed E-state index contributed by atoms with van der Waals surface area (Å²) in [6.07, 6.45) is 0.395. The van der Waals surface area contributed by atoms with E-state index >= 15 is 0 Å². The Morgan fingerprint density at radius 1 is 1.35 bits per heavy atom. The van der Waals surface area contributed by atoms with Crippen LogP contribution in [0.2, 0.25) is 0 Å². The lowest BCUT2D eigenvalue weighted by atomic mass is 10.0. The van der Waals surface area contributed by atoms with Crippen molar-refractivity contribution in [2.24, 2.45) is 5.92 Å². The van der Waals surface area contributed by atoms with Gasteiger partial charge in [-0.3, -0.25) is 4.79 Å². The molecule has 1 rings (SSSR count). The Balaban J connectivity index is 2.78. The number of nitrogens with one attached hydrogen (secondary N) is 1. The van der Waals surface area contributed by atoms with Crippen molar-refractivity contribution in [3.05, 3.63) is 29.8 Å². The molecule has 0 bridgehead atoms. The molecule has 0 aliphatic rings. The third-order valence-corrected chi connectivity index (χ3v) is 2.72. The summed E-state index contributed by atoms with van der Waals surface area (Å²) in [6.45, 7) is 6.20. The third-order valence-electron chi connectivity index (χ3n) is 2.72. The number of ether oxygens (including phenoxy) is 1. The zero-order valence-electron chi connectivity index (χ0n) is 12.1. The van der Waals surface area contributed by atoms with E-state index in [-0.39, 0.29) is 5.92 Å². The molecule has 5 nitrogen and oxygen atoms in total. The first-order valence-electron chi connectivity index (χ1n) is 6.70. The standard InChI is InChI=1S/C15H21NO4/c1-4-20-12-7-5-6-11(9-12)14(17)16-13(15(18)19)8-10(2)3/h5-7,9-10,13H,4,8H2,1-3H3,(H,16,17)(H,18,19). The maximum absolute atomic E-state index is 12.1. The predicted molar refractivity (Wildman–Crippen MR) is 76.0 cm³/mol. The lowest BCUT2D eigenvalue weighted by Crippen LogP contribution is -2.41. The highest BCUT2D eigenvalue weighted by Crippen LogP contribution is 2.14. The first kappa shape index (κ1) is 16.0. The molecule has 1 aromatic rings. The van der Waals surface area contributed by atoms with E-state index in [0.717, 1.165) is 0 Å².